The van der Waals surface area contributed by atoms with Crippen molar-refractivity contribution >= 4 is 5.69 Å². The molecule has 0 aromatic heterocycles. The fraction of sp³-hybridized carbons (Fsp3) is 0.500. The van der Waals surface area contributed by atoms with Gasteiger partial charge in [0.15, 0.2) is 5.75 Å². The molecule has 2 N–H and O–H groups in total. The summed E-state index contributed by atoms with van der Waals surface area (Å²) in [5.74, 6) is -0.300. The maximum atomic E-state index is 11.0. The van der Waals surface area contributed by atoms with Crippen molar-refractivity contribution < 1.29 is 14.8 Å². The largest absolute Gasteiger partial charge is 0.500 e. The van der Waals surface area contributed by atoms with Crippen LogP contribution in [0.1, 0.15) is 11.6 Å². The minimum absolute atomic E-state index is 0.0296. The molecule has 1 aliphatic rings. The van der Waals surface area contributed by atoms with Gasteiger partial charge in [0.2, 0.25) is 5.75 Å². The molecule has 0 radical (unpaired) electrons. The monoisotopic (exact) mass is 267 g/mol. The second-order valence-corrected chi connectivity index (χ2v) is 4.55. The van der Waals surface area contributed by atoms with Gasteiger partial charge in [-0.2, -0.15) is 0 Å². The van der Waals surface area contributed by atoms with Crippen LogP contribution in [0, 0.1) is 10.1 Å². The lowest BCUT2D eigenvalue weighted by atomic mass is 10.0. The summed E-state index contributed by atoms with van der Waals surface area (Å²) in [6.07, 6.45) is 0. The molecule has 7 nitrogen and oxygen atoms in total. The van der Waals surface area contributed by atoms with Crippen LogP contribution >= 0.6 is 0 Å². The first-order chi connectivity index (χ1) is 9.04. The molecule has 1 heterocycles. The van der Waals surface area contributed by atoms with Crippen LogP contribution in [-0.2, 0) is 0 Å². The van der Waals surface area contributed by atoms with Crippen molar-refractivity contribution in [3.63, 3.8) is 0 Å². The molecule has 1 aromatic carbocycles. The predicted molar refractivity (Wildman–Crippen MR) is 69.6 cm³/mol. The summed E-state index contributed by atoms with van der Waals surface area (Å²) in [6, 6.07) is 3.09. The Morgan fingerprint density at radius 1 is 1.58 bits per heavy atom. The summed E-state index contributed by atoms with van der Waals surface area (Å²) in [5, 5.41) is 24.0. The van der Waals surface area contributed by atoms with Gasteiger partial charge in [-0.25, -0.2) is 0 Å². The van der Waals surface area contributed by atoms with Crippen molar-refractivity contribution in [2.75, 3.05) is 33.8 Å². The Balaban J connectivity index is 2.45. The van der Waals surface area contributed by atoms with Crippen LogP contribution in [0.15, 0.2) is 12.1 Å². The van der Waals surface area contributed by atoms with Crippen molar-refractivity contribution in [2.45, 2.75) is 6.04 Å². The number of likely N-dealkylation sites (N-methyl/N-ethyl adjacent to an activating group) is 1. The van der Waals surface area contributed by atoms with Gasteiger partial charge in [0.25, 0.3) is 0 Å². The Bertz CT molecular complexity index is 492. The van der Waals surface area contributed by atoms with E-state index in [0.717, 1.165) is 18.7 Å². The van der Waals surface area contributed by atoms with E-state index in [-0.39, 0.29) is 17.5 Å². The van der Waals surface area contributed by atoms with Gasteiger partial charge < -0.3 is 15.2 Å². The van der Waals surface area contributed by atoms with Crippen LogP contribution in [0.4, 0.5) is 5.69 Å². The number of nitrogens with zero attached hydrogens (tertiary/aromatic N) is 2. The summed E-state index contributed by atoms with van der Waals surface area (Å²) in [5.41, 5.74) is 0.435. The molecule has 0 saturated carbocycles. The first kappa shape index (κ1) is 13.6. The van der Waals surface area contributed by atoms with Crippen molar-refractivity contribution in [3.8, 4) is 11.5 Å². The zero-order chi connectivity index (χ0) is 14.0. The number of ether oxygens (including phenoxy) is 1. The van der Waals surface area contributed by atoms with Crippen molar-refractivity contribution in [1.29, 1.82) is 0 Å². The Hall–Kier alpha value is -1.86. The highest BCUT2D eigenvalue weighted by atomic mass is 16.6. The molecule has 1 aliphatic heterocycles. The third kappa shape index (κ3) is 2.61. The van der Waals surface area contributed by atoms with E-state index in [0.29, 0.717) is 6.54 Å². The summed E-state index contributed by atoms with van der Waals surface area (Å²) in [4.78, 5) is 12.5. The number of nitro benzene ring substituents is 1. The van der Waals surface area contributed by atoms with Gasteiger partial charge in [-0.05, 0) is 18.7 Å². The first-order valence-corrected chi connectivity index (χ1v) is 6.01. The quantitative estimate of drug-likeness (QED) is 0.624. The lowest BCUT2D eigenvalue weighted by Gasteiger charge is -2.33. The number of nitrogens with one attached hydrogen (secondary N) is 1. The number of nitro groups is 1. The van der Waals surface area contributed by atoms with Gasteiger partial charge in [-0.3, -0.25) is 15.0 Å². The number of hydrogen-bond donors (Lipinski definition) is 2. The minimum Gasteiger partial charge on any atom is -0.500 e. The lowest BCUT2D eigenvalue weighted by Crippen LogP contribution is -2.43. The average Bonchev–Trinajstić information content (AvgIpc) is 2.39. The Labute approximate surface area is 110 Å². The Kier molecular flexibility index (Phi) is 3.87. The van der Waals surface area contributed by atoms with Crippen LogP contribution in [-0.4, -0.2) is 48.7 Å². The highest BCUT2D eigenvalue weighted by Crippen LogP contribution is 2.39. The maximum absolute atomic E-state index is 11.0. The van der Waals surface area contributed by atoms with Gasteiger partial charge in [0.05, 0.1) is 12.0 Å². The third-order valence-corrected chi connectivity index (χ3v) is 3.39. The highest BCUT2D eigenvalue weighted by molar-refractivity contribution is 5.57. The summed E-state index contributed by atoms with van der Waals surface area (Å²) < 4.78 is 5.01. The topological polar surface area (TPSA) is 87.9 Å². The van der Waals surface area contributed by atoms with E-state index in [9.17, 15) is 15.2 Å². The predicted octanol–water partition coefficient (Wildman–Crippen LogP) is 0.885. The smallest absolute Gasteiger partial charge is 0.314 e. The van der Waals surface area contributed by atoms with Gasteiger partial charge in [-0.15, -0.1) is 0 Å². The van der Waals surface area contributed by atoms with Crippen molar-refractivity contribution in [2.24, 2.45) is 0 Å². The second-order valence-electron chi connectivity index (χ2n) is 4.55. The van der Waals surface area contributed by atoms with Crippen molar-refractivity contribution in [1.82, 2.24) is 10.2 Å². The summed E-state index contributed by atoms with van der Waals surface area (Å²) in [6.45, 7) is 2.47. The standard InChI is InChI=1S/C12H17N3O4/c1-14-4-3-13-7-10(14)8-5-9(15(17)18)12(16)11(6-8)19-2/h5-6,10,13,16H,3-4,7H2,1-2H3. The van der Waals surface area contributed by atoms with Gasteiger partial charge in [0.1, 0.15) is 0 Å². The van der Waals surface area contributed by atoms with Crippen molar-refractivity contribution in [3.05, 3.63) is 27.8 Å². The van der Waals surface area contributed by atoms with E-state index < -0.39 is 10.7 Å². The fourth-order valence-corrected chi connectivity index (χ4v) is 2.28. The molecule has 1 fully saturated rings. The number of phenolic OH excluding ortho intramolecular Hbond substituents is 1. The number of hydrogen-bond acceptors (Lipinski definition) is 6. The Morgan fingerprint density at radius 2 is 2.32 bits per heavy atom. The minimum atomic E-state index is -0.600. The molecule has 2 rings (SSSR count). The molecule has 1 unspecified atom stereocenters. The SMILES string of the molecule is COc1cc(C2CNCCN2C)cc([N+](=O)[O-])c1O. The van der Waals surface area contributed by atoms with Crippen LogP contribution in [0.3, 0.4) is 0 Å². The molecular formula is C12H17N3O4. The fourth-order valence-electron chi connectivity index (χ4n) is 2.28. The number of benzene rings is 1. The van der Waals surface area contributed by atoms with Crippen LogP contribution in [0.2, 0.25) is 0 Å². The molecule has 0 spiro atoms. The summed E-state index contributed by atoms with van der Waals surface area (Å²) in [7, 11) is 3.35. The first-order valence-electron chi connectivity index (χ1n) is 6.01. The zero-order valence-electron chi connectivity index (χ0n) is 10.9. The zero-order valence-corrected chi connectivity index (χ0v) is 10.9. The number of methoxy groups -OCH3 is 1. The molecule has 1 aromatic rings. The second kappa shape index (κ2) is 5.41. The molecule has 0 amide bonds. The molecule has 0 bridgehead atoms. The normalized spacial score (nSPS) is 20.2. The number of aromatic hydroxyl groups is 1. The molecule has 1 saturated heterocycles. The van der Waals surface area contributed by atoms with Gasteiger partial charge in [-0.1, -0.05) is 0 Å². The highest BCUT2D eigenvalue weighted by Gasteiger charge is 2.26. The number of piperazine rings is 1. The van der Waals surface area contributed by atoms with E-state index in [1.807, 2.05) is 7.05 Å². The number of rotatable bonds is 3. The van der Waals surface area contributed by atoms with Gasteiger partial charge >= 0.3 is 5.69 Å². The average molecular weight is 267 g/mol. The lowest BCUT2D eigenvalue weighted by molar-refractivity contribution is -0.386. The summed E-state index contributed by atoms with van der Waals surface area (Å²) >= 11 is 0. The third-order valence-electron chi connectivity index (χ3n) is 3.39. The molecule has 0 aliphatic carbocycles. The van der Waals surface area contributed by atoms with Crippen LogP contribution in [0.5, 0.6) is 11.5 Å². The molecule has 7 heteroatoms. The molecule has 19 heavy (non-hydrogen) atoms. The van der Waals surface area contributed by atoms with E-state index in [1.54, 1.807) is 6.07 Å². The van der Waals surface area contributed by atoms with E-state index in [2.05, 4.69) is 10.2 Å². The maximum Gasteiger partial charge on any atom is 0.314 e. The van der Waals surface area contributed by atoms with E-state index in [4.69, 9.17) is 4.74 Å². The van der Waals surface area contributed by atoms with Crippen LogP contribution < -0.4 is 10.1 Å². The Morgan fingerprint density at radius 3 is 2.89 bits per heavy atom. The molecule has 104 valence electrons. The van der Waals surface area contributed by atoms with E-state index in [1.165, 1.54) is 13.2 Å². The molecular weight excluding hydrogens is 250 g/mol. The van der Waals surface area contributed by atoms with E-state index >= 15 is 0 Å². The number of phenols is 1. The van der Waals surface area contributed by atoms with Gasteiger partial charge in [0, 0.05) is 31.7 Å². The molecule has 1 atom stereocenters. The van der Waals surface area contributed by atoms with Crippen LogP contribution in [0.25, 0.3) is 0 Å².